The van der Waals surface area contributed by atoms with Crippen LogP contribution in [0.4, 0.5) is 0 Å². The Hall–Kier alpha value is -8.76. The number of benzene rings is 4. The van der Waals surface area contributed by atoms with Crippen molar-refractivity contribution in [3.05, 3.63) is 183 Å². The molecule has 0 amide bonds. The molecule has 0 saturated carbocycles. The summed E-state index contributed by atoms with van der Waals surface area (Å²) in [6.45, 7) is 16.4. The van der Waals surface area contributed by atoms with E-state index >= 15 is 0 Å². The molecule has 0 aliphatic heterocycles. The fourth-order valence-electron chi connectivity index (χ4n) is 14.1. The second-order valence-electron chi connectivity index (χ2n) is 31.3. The number of hydrogen-bond acceptors (Lipinski definition) is 8. The quantitative estimate of drug-likeness (QED) is 0.0283. The van der Waals surface area contributed by atoms with Gasteiger partial charge in [-0.25, -0.2) is 9.59 Å². The molecule has 0 aliphatic rings. The van der Waals surface area contributed by atoms with Crippen molar-refractivity contribution in [3.8, 4) is 82.2 Å². The van der Waals surface area contributed by atoms with E-state index in [9.17, 15) is 19.2 Å². The second-order valence-corrected chi connectivity index (χ2v) is 31.3. The minimum absolute atomic E-state index is 0.367. The average Bonchev–Trinajstić information content (AvgIpc) is 0.822. The van der Waals surface area contributed by atoms with Crippen LogP contribution in [0.2, 0.25) is 0 Å². The molecule has 114 heavy (non-hydrogen) atoms. The first-order chi connectivity index (χ1) is 56.0. The molecule has 0 atom stereocenters. The first kappa shape index (κ1) is 94.1. The zero-order chi connectivity index (χ0) is 80.9. The van der Waals surface area contributed by atoms with Crippen LogP contribution in [0.1, 0.15) is 406 Å². The first-order valence-electron chi connectivity index (χ1n) is 45.4. The van der Waals surface area contributed by atoms with Crippen molar-refractivity contribution in [1.29, 1.82) is 0 Å². The summed E-state index contributed by atoms with van der Waals surface area (Å²) < 4.78 is 29.8. The lowest BCUT2D eigenvalue weighted by molar-refractivity contribution is 0.295. The highest BCUT2D eigenvalue weighted by atomic mass is 16.5. The van der Waals surface area contributed by atoms with Crippen molar-refractivity contribution in [2.45, 2.75) is 363 Å². The Morgan fingerprint density at radius 1 is 0.237 bits per heavy atom. The van der Waals surface area contributed by atoms with Crippen LogP contribution in [-0.4, -0.2) is 45.5 Å². The maximum absolute atomic E-state index is 13.2. The van der Waals surface area contributed by atoms with E-state index in [0.29, 0.717) is 96.2 Å². The van der Waals surface area contributed by atoms with Gasteiger partial charge in [-0.1, -0.05) is 359 Å². The van der Waals surface area contributed by atoms with Crippen molar-refractivity contribution in [2.75, 3.05) is 26.4 Å². The average molecular weight is 1550 g/mol. The summed E-state index contributed by atoms with van der Waals surface area (Å²) >= 11 is 0. The Labute approximate surface area is 688 Å². The van der Waals surface area contributed by atoms with E-state index in [4.69, 9.17) is 18.9 Å². The van der Waals surface area contributed by atoms with Crippen molar-refractivity contribution >= 4 is 0 Å². The molecule has 0 spiro atoms. The van der Waals surface area contributed by atoms with E-state index in [1.165, 1.54) is 218 Å². The number of nitrogens with one attached hydrogen (secondary N) is 2. The highest BCUT2D eigenvalue weighted by molar-refractivity contribution is 5.62. The van der Waals surface area contributed by atoms with Crippen LogP contribution in [0.15, 0.2) is 104 Å². The van der Waals surface area contributed by atoms with E-state index in [2.05, 4.69) is 111 Å². The lowest BCUT2D eigenvalue weighted by Crippen LogP contribution is -2.31. The van der Waals surface area contributed by atoms with E-state index in [1.54, 1.807) is 9.13 Å². The summed E-state index contributed by atoms with van der Waals surface area (Å²) in [7, 11) is 0. The summed E-state index contributed by atoms with van der Waals surface area (Å²) in [5, 5.41) is 0. The summed E-state index contributed by atoms with van der Waals surface area (Å²) in [5.41, 5.74) is 4.82. The van der Waals surface area contributed by atoms with Crippen LogP contribution in [0.3, 0.4) is 0 Å². The molecule has 12 nitrogen and oxygen atoms in total. The maximum Gasteiger partial charge on any atom is 0.329 e. The Bertz CT molecular complexity index is 3980. The van der Waals surface area contributed by atoms with Crippen molar-refractivity contribution in [2.24, 2.45) is 0 Å². The Morgan fingerprint density at radius 2 is 0.430 bits per heavy atom. The molecule has 0 unspecified atom stereocenters. The number of hydrogen-bond donors (Lipinski definition) is 2. The van der Waals surface area contributed by atoms with Gasteiger partial charge in [-0.15, -0.1) is 0 Å². The van der Waals surface area contributed by atoms with Gasteiger partial charge in [0, 0.05) is 71.7 Å². The standard InChI is InChI=1S/C102H142N4O8/c1-7-13-19-25-29-33-37-41-45-51-75-111-95-81-91(69-71-93-83-99(107)103-101(109)105(93)73-49-23-17-11-5)97(113-77-53-47-43-39-35-31-27-21-15-9-3)79-89(95)67-65-87-61-57-85(58-62-87)55-56-86-59-63-88(64-60-86)66-68-90-80-98(114-78-54-48-44-40-36-32-28-22-16-10-4)92(82-96(90)112-76-52-46-42-38-34-30-26-20-14-8-2)70-72-94-84-100(108)104-102(110)106(94)74-50-24-18-12-6/h57-64,79-84H,7-54,73-78H2,1-6H3,(H,103,107,109)(H,104,108,110). The van der Waals surface area contributed by atoms with Crippen LogP contribution < -0.4 is 41.4 Å². The lowest BCUT2D eigenvalue weighted by Gasteiger charge is -2.14. The molecule has 0 fully saturated rings. The van der Waals surface area contributed by atoms with Crippen LogP contribution in [0, 0.1) is 59.2 Å². The summed E-state index contributed by atoms with van der Waals surface area (Å²) in [4.78, 5) is 56.9. The summed E-state index contributed by atoms with van der Waals surface area (Å²) in [6, 6.07) is 26.6. The number of ether oxygens (including phenoxy) is 4. The van der Waals surface area contributed by atoms with E-state index < -0.39 is 22.5 Å². The minimum atomic E-state index is -0.478. The number of H-pyrrole nitrogens is 2. The Morgan fingerprint density at radius 3 is 0.658 bits per heavy atom. The normalized spacial score (nSPS) is 10.8. The smallest absolute Gasteiger partial charge is 0.329 e. The third-order valence-electron chi connectivity index (χ3n) is 21.2. The molecule has 2 aromatic heterocycles. The van der Waals surface area contributed by atoms with E-state index in [1.807, 2.05) is 72.8 Å². The van der Waals surface area contributed by atoms with E-state index in [0.717, 1.165) is 125 Å². The maximum atomic E-state index is 13.2. The minimum Gasteiger partial charge on any atom is -0.492 e. The van der Waals surface area contributed by atoms with Gasteiger partial charge in [0.1, 0.15) is 34.4 Å². The lowest BCUT2D eigenvalue weighted by atomic mass is 10.1. The molecule has 0 bridgehead atoms. The van der Waals surface area contributed by atoms with Crippen molar-refractivity contribution in [3.63, 3.8) is 0 Å². The van der Waals surface area contributed by atoms with Crippen LogP contribution in [-0.2, 0) is 13.1 Å². The SMILES string of the molecule is CCCCCCCCCCCCOc1cc(C#Cc2cc(=O)[nH]c(=O)n2CCCCCC)c(OCCCCCCCCCCCC)cc1C#Cc1ccc(C#Cc2ccc(C#Cc3cc(OCCCCCCCCCCCC)c(C#Cc4cc(=O)[nH]c(=O)n4CCCCCC)cc3OCCCCCCCCCCCC)cc2)cc1. The van der Waals surface area contributed by atoms with Gasteiger partial charge in [0.2, 0.25) is 0 Å². The van der Waals surface area contributed by atoms with Gasteiger partial charge in [0.05, 0.1) is 48.7 Å². The Balaban J connectivity index is 1.26. The molecular weight excluding hydrogens is 1410 g/mol. The monoisotopic (exact) mass is 1550 g/mol. The van der Waals surface area contributed by atoms with Crippen LogP contribution in [0.25, 0.3) is 0 Å². The molecule has 12 heteroatoms. The van der Waals surface area contributed by atoms with Crippen molar-refractivity contribution in [1.82, 2.24) is 19.1 Å². The van der Waals surface area contributed by atoms with Gasteiger partial charge >= 0.3 is 11.4 Å². The number of aromatic nitrogens is 4. The van der Waals surface area contributed by atoms with Gasteiger partial charge in [-0.3, -0.25) is 28.7 Å². The summed E-state index contributed by atoms with van der Waals surface area (Å²) in [6.07, 6.45) is 56.5. The van der Waals surface area contributed by atoms with Gasteiger partial charge in [-0.2, -0.15) is 0 Å². The van der Waals surface area contributed by atoms with E-state index in [-0.39, 0.29) is 0 Å². The first-order valence-corrected chi connectivity index (χ1v) is 45.4. The molecule has 0 saturated heterocycles. The fraction of sp³-hybridized carbons (Fsp3) is 0.588. The molecular formula is C102H142N4O8. The van der Waals surface area contributed by atoms with Gasteiger partial charge in [0.15, 0.2) is 0 Å². The molecule has 618 valence electrons. The zero-order valence-corrected chi connectivity index (χ0v) is 71.4. The van der Waals surface area contributed by atoms with Crippen molar-refractivity contribution < 1.29 is 18.9 Å². The molecule has 6 aromatic rings. The van der Waals surface area contributed by atoms with Gasteiger partial charge in [0.25, 0.3) is 11.1 Å². The largest absolute Gasteiger partial charge is 0.492 e. The zero-order valence-electron chi connectivity index (χ0n) is 71.4. The molecule has 0 aliphatic carbocycles. The predicted octanol–water partition coefficient (Wildman–Crippen LogP) is 24.7. The molecule has 2 N–H and O–H groups in total. The highest BCUT2D eigenvalue weighted by Gasteiger charge is 2.16. The van der Waals surface area contributed by atoms with Crippen LogP contribution >= 0.6 is 0 Å². The summed E-state index contributed by atoms with van der Waals surface area (Å²) in [5.74, 6) is 36.0. The number of unbranched alkanes of at least 4 members (excludes halogenated alkanes) is 42. The topological polar surface area (TPSA) is 147 Å². The molecule has 2 heterocycles. The third-order valence-corrected chi connectivity index (χ3v) is 21.2. The molecule has 4 aromatic carbocycles. The number of rotatable bonds is 58. The molecule has 0 radical (unpaired) electrons. The number of nitrogens with zero attached hydrogens (tertiary/aromatic N) is 2. The highest BCUT2D eigenvalue weighted by Crippen LogP contribution is 2.32. The third kappa shape index (κ3) is 40.0. The molecule has 6 rings (SSSR count). The van der Waals surface area contributed by atoms with Gasteiger partial charge in [-0.05, 0) is 98.9 Å². The number of aromatic amines is 2. The van der Waals surface area contributed by atoms with Gasteiger partial charge < -0.3 is 18.9 Å². The van der Waals surface area contributed by atoms with Crippen LogP contribution in [0.5, 0.6) is 23.0 Å². The fourth-order valence-corrected chi connectivity index (χ4v) is 14.1. The predicted molar refractivity (Wildman–Crippen MR) is 476 cm³/mol. The Kier molecular flexibility index (Phi) is 50.1. The second kappa shape index (κ2) is 60.7.